The first kappa shape index (κ1) is 26.5. The lowest BCUT2D eigenvalue weighted by Crippen LogP contribution is -2.26. The minimum absolute atomic E-state index is 0.117. The van der Waals surface area contributed by atoms with Crippen LogP contribution < -0.4 is 14.4 Å². The molecule has 1 atom stereocenters. The van der Waals surface area contributed by atoms with Crippen LogP contribution in [-0.4, -0.2) is 19.1 Å². The van der Waals surface area contributed by atoms with Gasteiger partial charge in [0.2, 0.25) is 0 Å². The minimum Gasteiger partial charge on any atom is -0.496 e. The Morgan fingerprint density at radius 3 is 2.48 bits per heavy atom. The lowest BCUT2D eigenvalue weighted by Gasteiger charge is -2.38. The summed E-state index contributed by atoms with van der Waals surface area (Å²) in [4.78, 5) is 7.01. The van der Waals surface area contributed by atoms with Gasteiger partial charge in [-0.1, -0.05) is 73.7 Å². The fraction of sp³-hybridized carbons (Fsp3) is 0.175. The number of fused-ring (bicyclic) bond motifs is 9. The molecule has 0 amide bonds. The molecule has 0 unspecified atom stereocenters. The normalized spacial score (nSPS) is 14.7. The van der Waals surface area contributed by atoms with Gasteiger partial charge in [-0.15, -0.1) is 0 Å². The van der Waals surface area contributed by atoms with E-state index in [1.807, 2.05) is 18.3 Å². The zero-order valence-corrected chi connectivity index (χ0v) is 25.5. The summed E-state index contributed by atoms with van der Waals surface area (Å²) in [6.45, 7) is 5.33. The van der Waals surface area contributed by atoms with Crippen molar-refractivity contribution in [2.45, 2.75) is 32.9 Å². The van der Waals surface area contributed by atoms with E-state index in [-0.39, 0.29) is 6.10 Å². The molecular formula is C40H34N2O2. The van der Waals surface area contributed by atoms with Gasteiger partial charge in [0.05, 0.1) is 7.11 Å². The maximum absolute atomic E-state index is 6.83. The summed E-state index contributed by atoms with van der Waals surface area (Å²) < 4.78 is 12.5. The summed E-state index contributed by atoms with van der Waals surface area (Å²) in [6, 6.07) is 32.3. The first-order valence-corrected chi connectivity index (χ1v) is 15.4. The molecule has 5 aromatic carbocycles. The van der Waals surface area contributed by atoms with E-state index in [1.54, 1.807) is 7.11 Å². The molecular weight excluding hydrogens is 540 g/mol. The summed E-state index contributed by atoms with van der Waals surface area (Å²) in [5.41, 5.74) is 14.9. The number of benzene rings is 5. The molecule has 0 fully saturated rings. The number of hydrogen-bond acceptors (Lipinski definition) is 4. The molecule has 2 aliphatic rings. The van der Waals surface area contributed by atoms with E-state index in [2.05, 4.69) is 116 Å². The summed E-state index contributed by atoms with van der Waals surface area (Å²) in [5.74, 6) is 1.80. The van der Waals surface area contributed by atoms with E-state index in [0.717, 1.165) is 41.2 Å². The van der Waals surface area contributed by atoms with Crippen LogP contribution in [0.2, 0.25) is 0 Å². The topological polar surface area (TPSA) is 34.6 Å². The number of ether oxygens (including phenoxy) is 2. The summed E-state index contributed by atoms with van der Waals surface area (Å²) >= 11 is 0. The van der Waals surface area contributed by atoms with Crippen LogP contribution in [0.3, 0.4) is 0 Å². The van der Waals surface area contributed by atoms with Crippen LogP contribution in [0, 0.1) is 0 Å². The second kappa shape index (κ2) is 10.3. The lowest BCUT2D eigenvalue weighted by molar-refractivity contribution is 0.224. The molecule has 0 aliphatic carbocycles. The number of pyridine rings is 1. The Morgan fingerprint density at radius 1 is 0.841 bits per heavy atom. The Labute approximate surface area is 258 Å². The summed E-state index contributed by atoms with van der Waals surface area (Å²) in [5, 5.41) is 2.36. The maximum Gasteiger partial charge on any atom is 0.128 e. The molecule has 0 saturated heterocycles. The average molecular weight is 575 g/mol. The van der Waals surface area contributed by atoms with Crippen molar-refractivity contribution in [3.63, 3.8) is 0 Å². The number of rotatable bonds is 4. The Kier molecular flexibility index (Phi) is 6.19. The highest BCUT2D eigenvalue weighted by atomic mass is 16.5. The molecule has 0 bridgehead atoms. The molecule has 216 valence electrons. The molecule has 2 aliphatic heterocycles. The fourth-order valence-electron chi connectivity index (χ4n) is 7.54. The SMILES string of the molecule is CCc1c2c(c3c(c1-c1ccccc1)[C@H](C)Oc1ccc4cc(-c5ccccc5OC)ccc4c1-3)-c1cnccc1N(C)C2. The van der Waals surface area contributed by atoms with Crippen LogP contribution >= 0.6 is 0 Å². The molecule has 8 rings (SSSR count). The van der Waals surface area contributed by atoms with Crippen LogP contribution in [-0.2, 0) is 13.0 Å². The standard InChI is InChI=1S/C40H34N2O2/c1-5-28-32-23-42(3)33-19-20-41-22-31(33)38(32)40-36(37(28)25-11-7-6-8-12-25)24(2)44-35-18-16-27-21-26(15-17-30(27)39(35)40)29-13-9-10-14-34(29)43-4/h6-22,24H,5,23H2,1-4H3/t24-/m0/s1. The smallest absolute Gasteiger partial charge is 0.128 e. The van der Waals surface area contributed by atoms with Gasteiger partial charge in [-0.05, 0) is 81.8 Å². The van der Waals surface area contributed by atoms with Crippen molar-refractivity contribution in [1.82, 2.24) is 4.98 Å². The lowest BCUT2D eigenvalue weighted by atomic mass is 9.74. The Morgan fingerprint density at radius 2 is 1.66 bits per heavy atom. The van der Waals surface area contributed by atoms with Gasteiger partial charge in [0.25, 0.3) is 0 Å². The van der Waals surface area contributed by atoms with Crippen LogP contribution in [0.5, 0.6) is 11.5 Å². The molecule has 6 aromatic rings. The van der Waals surface area contributed by atoms with Crippen molar-refractivity contribution in [2.24, 2.45) is 0 Å². The summed E-state index contributed by atoms with van der Waals surface area (Å²) in [6.07, 6.45) is 4.77. The third-order valence-corrected chi connectivity index (χ3v) is 9.41. The Balaban J connectivity index is 1.50. The van der Waals surface area contributed by atoms with Crippen LogP contribution in [0.1, 0.15) is 36.6 Å². The Bertz CT molecular complexity index is 2080. The zero-order valence-electron chi connectivity index (χ0n) is 25.5. The number of hydrogen-bond donors (Lipinski definition) is 0. The predicted molar refractivity (Wildman–Crippen MR) is 181 cm³/mol. The molecule has 0 radical (unpaired) electrons. The van der Waals surface area contributed by atoms with Gasteiger partial charge in [-0.25, -0.2) is 0 Å². The van der Waals surface area contributed by atoms with Crippen LogP contribution in [0.4, 0.5) is 5.69 Å². The van der Waals surface area contributed by atoms with Gasteiger partial charge in [-0.2, -0.15) is 0 Å². The van der Waals surface area contributed by atoms with Crippen molar-refractivity contribution in [2.75, 3.05) is 19.1 Å². The third-order valence-electron chi connectivity index (χ3n) is 9.41. The highest BCUT2D eigenvalue weighted by Crippen LogP contribution is 2.57. The van der Waals surface area contributed by atoms with Crippen LogP contribution in [0.15, 0.2) is 103 Å². The number of para-hydroxylation sites is 1. The van der Waals surface area contributed by atoms with Crippen LogP contribution in [0.25, 0.3) is 55.3 Å². The van der Waals surface area contributed by atoms with E-state index >= 15 is 0 Å². The largest absolute Gasteiger partial charge is 0.496 e. The average Bonchev–Trinajstić information content (AvgIpc) is 3.07. The fourth-order valence-corrected chi connectivity index (χ4v) is 7.54. The molecule has 0 N–H and O–H groups in total. The first-order valence-electron chi connectivity index (χ1n) is 15.4. The zero-order chi connectivity index (χ0) is 29.9. The molecule has 0 spiro atoms. The highest BCUT2D eigenvalue weighted by Gasteiger charge is 2.37. The van der Waals surface area contributed by atoms with E-state index in [4.69, 9.17) is 9.47 Å². The highest BCUT2D eigenvalue weighted by molar-refractivity contribution is 6.10. The van der Waals surface area contributed by atoms with Crippen molar-refractivity contribution in [1.29, 1.82) is 0 Å². The van der Waals surface area contributed by atoms with Crippen molar-refractivity contribution >= 4 is 16.5 Å². The van der Waals surface area contributed by atoms with Crippen molar-refractivity contribution < 1.29 is 9.47 Å². The first-order chi connectivity index (χ1) is 21.6. The molecule has 0 saturated carbocycles. The van der Waals surface area contributed by atoms with Gasteiger partial charge < -0.3 is 14.4 Å². The number of anilines is 1. The van der Waals surface area contributed by atoms with Crippen molar-refractivity contribution in [3.8, 4) is 56.0 Å². The predicted octanol–water partition coefficient (Wildman–Crippen LogP) is 9.88. The van der Waals surface area contributed by atoms with Gasteiger partial charge in [0.15, 0.2) is 0 Å². The molecule has 3 heterocycles. The van der Waals surface area contributed by atoms with E-state index in [0.29, 0.717) is 0 Å². The molecule has 4 heteroatoms. The Hall–Kier alpha value is -5.09. The van der Waals surface area contributed by atoms with Gasteiger partial charge in [0, 0.05) is 59.5 Å². The number of nitrogens with zero attached hydrogens (tertiary/aromatic N) is 2. The van der Waals surface area contributed by atoms with E-state index in [9.17, 15) is 0 Å². The monoisotopic (exact) mass is 574 g/mol. The second-order valence-corrected chi connectivity index (χ2v) is 11.8. The van der Waals surface area contributed by atoms with Gasteiger partial charge >= 0.3 is 0 Å². The second-order valence-electron chi connectivity index (χ2n) is 11.8. The minimum atomic E-state index is -0.117. The number of aromatic nitrogens is 1. The van der Waals surface area contributed by atoms with Crippen molar-refractivity contribution in [3.05, 3.63) is 120 Å². The number of methoxy groups -OCH3 is 1. The molecule has 4 nitrogen and oxygen atoms in total. The van der Waals surface area contributed by atoms with E-state index in [1.165, 1.54) is 61.0 Å². The third kappa shape index (κ3) is 3.87. The van der Waals surface area contributed by atoms with E-state index < -0.39 is 0 Å². The van der Waals surface area contributed by atoms with Gasteiger partial charge in [-0.3, -0.25) is 4.98 Å². The van der Waals surface area contributed by atoms with Gasteiger partial charge in [0.1, 0.15) is 17.6 Å². The molecule has 1 aromatic heterocycles. The maximum atomic E-state index is 6.83. The summed E-state index contributed by atoms with van der Waals surface area (Å²) in [7, 11) is 3.92. The quantitative estimate of drug-likeness (QED) is 0.210. The molecule has 44 heavy (non-hydrogen) atoms.